The number of nitrogens with two attached hydrogens (primary N) is 2. The van der Waals surface area contributed by atoms with Crippen molar-refractivity contribution in [2.24, 2.45) is 0 Å². The summed E-state index contributed by atoms with van der Waals surface area (Å²) in [5.74, 6) is 1.69. The summed E-state index contributed by atoms with van der Waals surface area (Å²) in [7, 11) is 1.52. The van der Waals surface area contributed by atoms with Crippen molar-refractivity contribution in [1.82, 2.24) is 24.9 Å². The molecular weight excluding hydrogens is 430 g/mol. The van der Waals surface area contributed by atoms with Crippen LogP contribution in [0.2, 0.25) is 0 Å². The molecule has 4 rings (SSSR count). The predicted octanol–water partition coefficient (Wildman–Crippen LogP) is 1.56. The van der Waals surface area contributed by atoms with Crippen LogP contribution in [0.1, 0.15) is 35.3 Å². The molecule has 0 saturated heterocycles. The summed E-state index contributed by atoms with van der Waals surface area (Å²) in [6.07, 6.45) is 6.45. The fraction of sp³-hybridized carbons (Fsp3) is 0.125. The van der Waals surface area contributed by atoms with Crippen LogP contribution in [0, 0.1) is 11.3 Å². The topological polar surface area (TPSA) is 161 Å². The van der Waals surface area contributed by atoms with Crippen LogP contribution in [0.25, 0.3) is 11.4 Å². The Morgan fingerprint density at radius 1 is 1.18 bits per heavy atom. The van der Waals surface area contributed by atoms with Crippen molar-refractivity contribution in [3.63, 3.8) is 0 Å². The molecule has 0 aliphatic rings. The Labute approximate surface area is 196 Å². The number of rotatable bonds is 7. The minimum Gasteiger partial charge on any atom is -0.497 e. The third kappa shape index (κ3) is 4.63. The third-order valence-corrected chi connectivity index (χ3v) is 5.12. The van der Waals surface area contributed by atoms with Gasteiger partial charge in [0.25, 0.3) is 0 Å². The SMILES string of the molecule is COc1cc(C#N)cc(C(=[NH2+])c2c(N)ncnc2NC(C)c2ccnc(-c3cccnc3)n2)c1. The van der Waals surface area contributed by atoms with E-state index in [4.69, 9.17) is 15.9 Å². The zero-order valence-electron chi connectivity index (χ0n) is 18.6. The van der Waals surface area contributed by atoms with E-state index in [1.165, 1.54) is 13.4 Å². The van der Waals surface area contributed by atoms with Gasteiger partial charge in [0.15, 0.2) is 5.82 Å². The standard InChI is InChI=1S/C24H21N9O/c1-14(19-5-7-29-23(33-19)16-4-3-6-28-12-16)32-24-20(22(27)30-13-31-24)21(26)17-8-15(11-25)9-18(10-17)34-2/h3-10,12-14,26H,1-2H3,(H3,27,30,31,32)/p+1. The number of hydrogen-bond acceptors (Lipinski definition) is 9. The molecule has 3 aromatic heterocycles. The van der Waals surface area contributed by atoms with Gasteiger partial charge in [-0.25, -0.2) is 19.9 Å². The molecule has 10 nitrogen and oxygen atoms in total. The monoisotopic (exact) mass is 452 g/mol. The maximum Gasteiger partial charge on any atom is 0.218 e. The van der Waals surface area contributed by atoms with Gasteiger partial charge in [0, 0.05) is 24.2 Å². The maximum absolute atomic E-state index is 9.36. The van der Waals surface area contributed by atoms with Crippen molar-refractivity contribution in [3.8, 4) is 23.2 Å². The second-order valence-electron chi connectivity index (χ2n) is 7.37. The largest absolute Gasteiger partial charge is 0.497 e. The smallest absolute Gasteiger partial charge is 0.218 e. The van der Waals surface area contributed by atoms with Crippen LogP contribution in [0.4, 0.5) is 11.6 Å². The Hall–Kier alpha value is -4.91. The molecule has 0 bridgehead atoms. The van der Waals surface area contributed by atoms with Crippen molar-refractivity contribution in [1.29, 1.82) is 5.26 Å². The lowest BCUT2D eigenvalue weighted by atomic mass is 10.0. The molecule has 0 radical (unpaired) electrons. The van der Waals surface area contributed by atoms with Gasteiger partial charge in [0.05, 0.1) is 36.0 Å². The van der Waals surface area contributed by atoms with Crippen LogP contribution >= 0.6 is 0 Å². The van der Waals surface area contributed by atoms with E-state index in [1.54, 1.807) is 36.8 Å². The summed E-state index contributed by atoms with van der Waals surface area (Å²) < 4.78 is 5.30. The number of ether oxygens (including phenoxy) is 1. The number of benzene rings is 1. The third-order valence-electron chi connectivity index (χ3n) is 5.12. The van der Waals surface area contributed by atoms with Crippen LogP contribution in [0.5, 0.6) is 5.75 Å². The molecule has 1 atom stereocenters. The Balaban J connectivity index is 1.67. The van der Waals surface area contributed by atoms with Crippen molar-refractivity contribution < 1.29 is 10.1 Å². The average Bonchev–Trinajstić information content (AvgIpc) is 2.88. The molecule has 0 spiro atoms. The van der Waals surface area contributed by atoms with E-state index < -0.39 is 0 Å². The number of hydrogen-bond donors (Lipinski definition) is 3. The predicted molar refractivity (Wildman–Crippen MR) is 127 cm³/mol. The van der Waals surface area contributed by atoms with E-state index >= 15 is 0 Å². The van der Waals surface area contributed by atoms with E-state index in [1.807, 2.05) is 25.1 Å². The van der Waals surface area contributed by atoms with Crippen LogP contribution in [0.3, 0.4) is 0 Å². The Bertz CT molecular complexity index is 1380. The molecule has 4 aromatic rings. The van der Waals surface area contributed by atoms with Crippen LogP contribution in [0.15, 0.2) is 61.3 Å². The van der Waals surface area contributed by atoms with E-state index in [0.29, 0.717) is 39.8 Å². The quantitative estimate of drug-likeness (QED) is 0.353. The zero-order chi connectivity index (χ0) is 24.1. The summed E-state index contributed by atoms with van der Waals surface area (Å²) in [6.45, 7) is 1.94. The molecular formula is C24H22N9O+. The van der Waals surface area contributed by atoms with Gasteiger partial charge in [-0.15, -0.1) is 0 Å². The molecule has 3 heterocycles. The summed E-state index contributed by atoms with van der Waals surface area (Å²) >= 11 is 0. The minimum atomic E-state index is -0.265. The first-order chi connectivity index (χ1) is 16.5. The zero-order valence-corrected chi connectivity index (χ0v) is 18.6. The Morgan fingerprint density at radius 3 is 2.76 bits per heavy atom. The number of nitrogens with one attached hydrogen (secondary N) is 1. The van der Waals surface area contributed by atoms with Gasteiger partial charge in [-0.05, 0) is 43.3 Å². The number of nitriles is 1. The van der Waals surface area contributed by atoms with Crippen molar-refractivity contribution in [2.45, 2.75) is 13.0 Å². The molecule has 1 aromatic carbocycles. The minimum absolute atomic E-state index is 0.197. The van der Waals surface area contributed by atoms with Gasteiger partial charge in [-0.3, -0.25) is 10.4 Å². The number of nitrogens with zero attached hydrogens (tertiary/aromatic N) is 6. The van der Waals surface area contributed by atoms with Gasteiger partial charge in [-0.1, -0.05) is 0 Å². The lowest BCUT2D eigenvalue weighted by Gasteiger charge is -2.17. The molecule has 0 amide bonds. The van der Waals surface area contributed by atoms with Gasteiger partial charge < -0.3 is 15.8 Å². The molecule has 168 valence electrons. The number of aromatic nitrogens is 5. The highest BCUT2D eigenvalue weighted by Gasteiger charge is 2.23. The highest BCUT2D eigenvalue weighted by atomic mass is 16.5. The highest BCUT2D eigenvalue weighted by molar-refractivity contribution is 6.14. The lowest BCUT2D eigenvalue weighted by molar-refractivity contribution is -0.111. The van der Waals surface area contributed by atoms with Gasteiger partial charge in [0.2, 0.25) is 5.71 Å². The maximum atomic E-state index is 9.36. The number of nitrogen functional groups attached to an aromatic ring is 1. The Kier molecular flexibility index (Phi) is 6.36. The first-order valence-electron chi connectivity index (χ1n) is 10.3. The number of anilines is 2. The van der Waals surface area contributed by atoms with Gasteiger partial charge in [0.1, 0.15) is 29.3 Å². The summed E-state index contributed by atoms with van der Waals surface area (Å²) in [6, 6.07) is 12.4. The number of methoxy groups -OCH3 is 1. The number of pyridine rings is 1. The highest BCUT2D eigenvalue weighted by Crippen LogP contribution is 2.26. The first-order valence-corrected chi connectivity index (χ1v) is 10.3. The second kappa shape index (κ2) is 9.70. The first kappa shape index (κ1) is 22.3. The van der Waals surface area contributed by atoms with Crippen molar-refractivity contribution in [2.75, 3.05) is 18.2 Å². The molecule has 10 heteroatoms. The van der Waals surface area contributed by atoms with Crippen LogP contribution in [-0.2, 0) is 0 Å². The van der Waals surface area contributed by atoms with Crippen LogP contribution in [-0.4, -0.2) is 37.7 Å². The summed E-state index contributed by atoms with van der Waals surface area (Å²) in [4.78, 5) is 21.6. The fourth-order valence-corrected chi connectivity index (χ4v) is 3.38. The van der Waals surface area contributed by atoms with E-state index in [0.717, 1.165) is 11.3 Å². The summed E-state index contributed by atoms with van der Waals surface area (Å²) in [5, 5.41) is 19.2. The molecule has 0 fully saturated rings. The van der Waals surface area contributed by atoms with E-state index in [-0.39, 0.29) is 11.9 Å². The lowest BCUT2D eigenvalue weighted by Crippen LogP contribution is -2.42. The van der Waals surface area contributed by atoms with Gasteiger partial charge >= 0.3 is 0 Å². The molecule has 5 N–H and O–H groups in total. The Morgan fingerprint density at radius 2 is 2.03 bits per heavy atom. The molecule has 34 heavy (non-hydrogen) atoms. The van der Waals surface area contributed by atoms with Gasteiger partial charge in [-0.2, -0.15) is 5.26 Å². The van der Waals surface area contributed by atoms with Crippen molar-refractivity contribution >= 4 is 17.3 Å². The molecule has 0 saturated carbocycles. The molecule has 0 aliphatic carbocycles. The van der Waals surface area contributed by atoms with E-state index in [9.17, 15) is 5.26 Å². The van der Waals surface area contributed by atoms with Crippen molar-refractivity contribution in [3.05, 3.63) is 83.7 Å². The van der Waals surface area contributed by atoms with E-state index in [2.05, 4.69) is 36.3 Å². The summed E-state index contributed by atoms with van der Waals surface area (Å²) in [5.41, 5.74) is 9.44. The molecule has 0 aliphatic heterocycles. The molecule has 1 unspecified atom stereocenters. The average molecular weight is 453 g/mol. The van der Waals surface area contributed by atoms with Crippen LogP contribution < -0.4 is 21.2 Å². The second-order valence-corrected chi connectivity index (χ2v) is 7.37. The normalized spacial score (nSPS) is 11.3. The fourth-order valence-electron chi connectivity index (χ4n) is 3.38.